The van der Waals surface area contributed by atoms with Crippen molar-refractivity contribution < 1.29 is 52.1 Å². The predicted molar refractivity (Wildman–Crippen MR) is 78.3 cm³/mol. The Labute approximate surface area is 155 Å². The summed E-state index contributed by atoms with van der Waals surface area (Å²) in [6.45, 7) is 3.64. The second kappa shape index (κ2) is 8.85. The first-order valence-corrected chi connectivity index (χ1v) is 8.87. The molecule has 9 heteroatoms. The van der Waals surface area contributed by atoms with Crippen LogP contribution in [0.5, 0.6) is 0 Å². The zero-order valence-corrected chi connectivity index (χ0v) is 16.5. The first-order valence-electron chi connectivity index (χ1n) is 6.05. The summed E-state index contributed by atoms with van der Waals surface area (Å²) in [7, 11) is -8.54. The summed E-state index contributed by atoms with van der Waals surface area (Å²) in [5.74, 6) is 0. The van der Waals surface area contributed by atoms with Gasteiger partial charge in [-0.25, -0.2) is 16.8 Å². The van der Waals surface area contributed by atoms with Gasteiger partial charge in [-0.1, -0.05) is 35.4 Å². The fourth-order valence-electron chi connectivity index (χ4n) is 1.41. The standard InChI is InChI=1S/2C7H8O3S.Zr/c2*1-6-2-4-7(5-3-6)11(8,9)10;/h2*2-5H,1H3,(H,8,9,10);/q;;+2/p-2. The molecule has 0 aliphatic carbocycles. The van der Waals surface area contributed by atoms with Crippen LogP contribution in [0.15, 0.2) is 58.3 Å². The van der Waals surface area contributed by atoms with E-state index < -0.39 is 20.2 Å². The summed E-state index contributed by atoms with van der Waals surface area (Å²) in [6, 6.07) is 11.6. The molecule has 122 valence electrons. The molecule has 0 spiro atoms. The summed E-state index contributed by atoms with van der Waals surface area (Å²) in [5.41, 5.74) is 1.86. The van der Waals surface area contributed by atoms with E-state index in [-0.39, 0.29) is 36.0 Å². The SMILES string of the molecule is Cc1ccc(S(=O)(=O)[O-])cc1.Cc1ccc(S(=O)(=O)[O-])cc1.[Zr+2]. The van der Waals surface area contributed by atoms with Crippen molar-refractivity contribution in [1.82, 2.24) is 0 Å². The van der Waals surface area contributed by atoms with Gasteiger partial charge in [-0.05, 0) is 38.1 Å². The van der Waals surface area contributed by atoms with Gasteiger partial charge in [0, 0.05) is 0 Å². The molecule has 6 nitrogen and oxygen atoms in total. The minimum Gasteiger partial charge on any atom is -0.744 e. The molecule has 0 aromatic heterocycles. The maximum atomic E-state index is 10.4. The van der Waals surface area contributed by atoms with Crippen molar-refractivity contribution >= 4 is 20.2 Å². The molecule has 2 rings (SSSR count). The molecule has 0 aliphatic heterocycles. The van der Waals surface area contributed by atoms with Crippen molar-refractivity contribution in [2.45, 2.75) is 23.6 Å². The molecule has 0 saturated carbocycles. The summed E-state index contributed by atoms with van der Waals surface area (Å²) < 4.78 is 62.3. The Kier molecular flexibility index (Phi) is 8.52. The summed E-state index contributed by atoms with van der Waals surface area (Å²) in [5, 5.41) is 0. The molecular weight excluding hydrogens is 420 g/mol. The van der Waals surface area contributed by atoms with Gasteiger partial charge in [-0.2, -0.15) is 0 Å². The maximum absolute atomic E-state index is 10.4. The molecule has 2 aromatic rings. The van der Waals surface area contributed by atoms with Crippen LogP contribution in [-0.4, -0.2) is 25.9 Å². The molecule has 0 heterocycles. The van der Waals surface area contributed by atoms with E-state index in [1.807, 2.05) is 13.8 Å². The predicted octanol–water partition coefficient (Wildman–Crippen LogP) is 1.80. The fraction of sp³-hybridized carbons (Fsp3) is 0.143. The van der Waals surface area contributed by atoms with Crippen molar-refractivity contribution in [2.75, 3.05) is 0 Å². The van der Waals surface area contributed by atoms with Crippen molar-refractivity contribution in [1.29, 1.82) is 0 Å². The molecule has 0 unspecified atom stereocenters. The topological polar surface area (TPSA) is 114 Å². The van der Waals surface area contributed by atoms with Crippen LogP contribution in [0.25, 0.3) is 0 Å². The maximum Gasteiger partial charge on any atom is 2.00 e. The van der Waals surface area contributed by atoms with E-state index in [0.717, 1.165) is 11.1 Å². The summed E-state index contributed by atoms with van der Waals surface area (Å²) in [4.78, 5) is -0.355. The number of aryl methyl sites for hydroxylation is 2. The zero-order valence-electron chi connectivity index (χ0n) is 12.4. The van der Waals surface area contributed by atoms with Crippen LogP contribution < -0.4 is 0 Å². The second-order valence-corrected chi connectivity index (χ2v) is 7.29. The van der Waals surface area contributed by atoms with Gasteiger partial charge in [0.1, 0.15) is 20.2 Å². The first kappa shape index (κ1) is 22.1. The Hall–Kier alpha value is -0.857. The average Bonchev–Trinajstić information content (AvgIpc) is 2.38. The molecule has 0 atom stereocenters. The Balaban J connectivity index is 0.000000403. The quantitative estimate of drug-likeness (QED) is 0.667. The van der Waals surface area contributed by atoms with E-state index in [0.29, 0.717) is 0 Å². The third kappa shape index (κ3) is 7.99. The van der Waals surface area contributed by atoms with Gasteiger partial charge < -0.3 is 9.11 Å². The van der Waals surface area contributed by atoms with Crippen molar-refractivity contribution in [2.24, 2.45) is 0 Å². The summed E-state index contributed by atoms with van der Waals surface area (Å²) >= 11 is 0. The molecule has 0 aliphatic rings. The van der Waals surface area contributed by atoms with Crippen LogP contribution in [0, 0.1) is 13.8 Å². The normalized spacial score (nSPS) is 11.0. The van der Waals surface area contributed by atoms with Crippen LogP contribution in [0.4, 0.5) is 0 Å². The Bertz CT molecular complexity index is 752. The third-order valence-corrected chi connectivity index (χ3v) is 4.32. The van der Waals surface area contributed by atoms with Gasteiger partial charge in [-0.15, -0.1) is 0 Å². The monoisotopic (exact) mass is 432 g/mol. The Morgan fingerprint density at radius 3 is 1.00 bits per heavy atom. The number of hydrogen-bond donors (Lipinski definition) is 0. The van der Waals surface area contributed by atoms with E-state index in [1.54, 1.807) is 24.3 Å². The molecule has 0 saturated heterocycles. The smallest absolute Gasteiger partial charge is 0.744 e. The fourth-order valence-corrected chi connectivity index (χ4v) is 2.35. The first-order chi connectivity index (χ1) is 10.00. The van der Waals surface area contributed by atoms with E-state index in [9.17, 15) is 25.9 Å². The van der Waals surface area contributed by atoms with Crippen LogP contribution >= 0.6 is 0 Å². The number of hydrogen-bond acceptors (Lipinski definition) is 6. The Morgan fingerprint density at radius 1 is 0.609 bits per heavy atom. The van der Waals surface area contributed by atoms with Gasteiger partial charge in [0.25, 0.3) is 0 Å². The van der Waals surface area contributed by atoms with Crippen molar-refractivity contribution in [3.8, 4) is 0 Å². The molecule has 0 fully saturated rings. The van der Waals surface area contributed by atoms with E-state index in [1.165, 1.54) is 24.3 Å². The van der Waals surface area contributed by atoms with Gasteiger partial charge >= 0.3 is 26.2 Å². The van der Waals surface area contributed by atoms with Crippen LogP contribution in [0.1, 0.15) is 11.1 Å². The van der Waals surface area contributed by atoms with Gasteiger partial charge in [0.15, 0.2) is 0 Å². The molecule has 0 amide bonds. The van der Waals surface area contributed by atoms with E-state index >= 15 is 0 Å². The molecule has 2 aromatic carbocycles. The van der Waals surface area contributed by atoms with Gasteiger partial charge in [0.2, 0.25) is 0 Å². The van der Waals surface area contributed by atoms with Gasteiger partial charge in [0.05, 0.1) is 9.79 Å². The minimum atomic E-state index is -4.27. The minimum absolute atomic E-state index is 0. The third-order valence-electron chi connectivity index (χ3n) is 2.62. The van der Waals surface area contributed by atoms with Crippen LogP contribution in [0.3, 0.4) is 0 Å². The largest absolute Gasteiger partial charge is 2.00 e. The van der Waals surface area contributed by atoms with E-state index in [2.05, 4.69) is 0 Å². The summed E-state index contributed by atoms with van der Waals surface area (Å²) in [6.07, 6.45) is 0. The van der Waals surface area contributed by atoms with Crippen molar-refractivity contribution in [3.63, 3.8) is 0 Å². The molecular formula is C14H14O6S2Zr. The Morgan fingerprint density at radius 2 is 0.826 bits per heavy atom. The average molecular weight is 434 g/mol. The zero-order chi connectivity index (χ0) is 17.0. The van der Waals surface area contributed by atoms with Crippen LogP contribution in [0.2, 0.25) is 0 Å². The molecule has 0 N–H and O–H groups in total. The van der Waals surface area contributed by atoms with E-state index in [4.69, 9.17) is 0 Å². The number of rotatable bonds is 2. The second-order valence-electron chi connectivity index (χ2n) is 4.53. The number of benzene rings is 2. The van der Waals surface area contributed by atoms with Crippen LogP contribution in [-0.2, 0) is 46.4 Å². The molecule has 0 bridgehead atoms. The van der Waals surface area contributed by atoms with Crippen molar-refractivity contribution in [3.05, 3.63) is 59.7 Å². The molecule has 23 heavy (non-hydrogen) atoms. The van der Waals surface area contributed by atoms with Gasteiger partial charge in [-0.3, -0.25) is 0 Å². The molecule has 0 radical (unpaired) electrons.